The molecule has 0 bridgehead atoms. The predicted molar refractivity (Wildman–Crippen MR) is 106 cm³/mol. The van der Waals surface area contributed by atoms with Gasteiger partial charge in [0, 0.05) is 12.1 Å². The van der Waals surface area contributed by atoms with Gasteiger partial charge in [-0.25, -0.2) is 0 Å². The molecular weight excluding hydrogens is 396 g/mol. The summed E-state index contributed by atoms with van der Waals surface area (Å²) in [5, 5.41) is 35.8. The predicted octanol–water partition coefficient (Wildman–Crippen LogP) is 5.48. The van der Waals surface area contributed by atoms with Gasteiger partial charge in [-0.3, -0.25) is 4.55 Å². The van der Waals surface area contributed by atoms with Gasteiger partial charge in [-0.15, -0.1) is 10.2 Å². The number of hydrogen-bond donors (Lipinski definition) is 3. The summed E-state index contributed by atoms with van der Waals surface area (Å²) in [4.78, 5) is -0.275. The summed E-state index contributed by atoms with van der Waals surface area (Å²) in [7, 11) is -4.30. The van der Waals surface area contributed by atoms with Crippen molar-refractivity contribution in [2.75, 3.05) is 0 Å². The van der Waals surface area contributed by atoms with Crippen LogP contribution in [0.4, 0.5) is 22.7 Å². The van der Waals surface area contributed by atoms with E-state index in [4.69, 9.17) is 4.55 Å². The Labute approximate surface area is 166 Å². The maximum Gasteiger partial charge on any atom is 0.294 e. The number of hydrogen-bond acceptors (Lipinski definition) is 8. The standard InChI is InChI=1S/C19H16N4O5S/c1-12-4-2-3-5-15(12)21-23-17-10-16(18(24)11-19(17)25)22-20-13-6-8-14(9-7-13)29(26,27)28/h2-11,24-25H,1H3,(H,26,27,28). The molecule has 29 heavy (non-hydrogen) atoms. The van der Waals surface area contributed by atoms with E-state index in [2.05, 4.69) is 20.5 Å². The molecule has 10 heteroatoms. The van der Waals surface area contributed by atoms with E-state index < -0.39 is 10.1 Å². The minimum absolute atomic E-state index is 0.0281. The average molecular weight is 412 g/mol. The van der Waals surface area contributed by atoms with Crippen LogP contribution in [0.5, 0.6) is 11.5 Å². The van der Waals surface area contributed by atoms with Crippen LogP contribution in [0.2, 0.25) is 0 Å². The Morgan fingerprint density at radius 3 is 1.86 bits per heavy atom. The topological polar surface area (TPSA) is 144 Å². The molecule has 0 aliphatic carbocycles. The molecule has 0 atom stereocenters. The van der Waals surface area contributed by atoms with Gasteiger partial charge in [0.2, 0.25) is 0 Å². The summed E-state index contributed by atoms with van der Waals surface area (Å²) in [6.07, 6.45) is 0. The van der Waals surface area contributed by atoms with E-state index in [1.165, 1.54) is 30.3 Å². The van der Waals surface area contributed by atoms with Gasteiger partial charge >= 0.3 is 0 Å². The van der Waals surface area contributed by atoms with Gasteiger partial charge in [0.25, 0.3) is 10.1 Å². The third-order valence-electron chi connectivity index (χ3n) is 3.86. The number of benzene rings is 3. The van der Waals surface area contributed by atoms with Crippen LogP contribution in [0.15, 0.2) is 86.0 Å². The molecule has 0 spiro atoms. The van der Waals surface area contributed by atoms with Gasteiger partial charge < -0.3 is 10.2 Å². The van der Waals surface area contributed by atoms with Gasteiger partial charge in [-0.2, -0.15) is 18.6 Å². The zero-order valence-electron chi connectivity index (χ0n) is 15.1. The number of phenols is 2. The van der Waals surface area contributed by atoms with E-state index in [-0.39, 0.29) is 33.5 Å². The van der Waals surface area contributed by atoms with Crippen LogP contribution in [0, 0.1) is 6.92 Å². The molecule has 3 rings (SSSR count). The second-order valence-corrected chi connectivity index (χ2v) is 7.41. The lowest BCUT2D eigenvalue weighted by molar-refractivity contribution is 0.452. The Kier molecular flexibility index (Phi) is 5.66. The van der Waals surface area contributed by atoms with Crippen molar-refractivity contribution in [1.29, 1.82) is 0 Å². The fourth-order valence-electron chi connectivity index (χ4n) is 2.29. The third-order valence-corrected chi connectivity index (χ3v) is 4.73. The molecule has 0 amide bonds. The van der Waals surface area contributed by atoms with Crippen molar-refractivity contribution in [1.82, 2.24) is 0 Å². The molecule has 3 N–H and O–H groups in total. The largest absolute Gasteiger partial charge is 0.505 e. The molecule has 0 aliphatic rings. The first-order valence-electron chi connectivity index (χ1n) is 8.27. The Balaban J connectivity index is 1.87. The molecule has 0 unspecified atom stereocenters. The van der Waals surface area contributed by atoms with Crippen molar-refractivity contribution >= 4 is 32.9 Å². The highest BCUT2D eigenvalue weighted by Crippen LogP contribution is 2.39. The molecule has 0 saturated heterocycles. The molecule has 0 radical (unpaired) electrons. The van der Waals surface area contributed by atoms with Crippen LogP contribution in [0.25, 0.3) is 0 Å². The number of nitrogens with zero attached hydrogens (tertiary/aromatic N) is 4. The summed E-state index contributed by atoms with van der Waals surface area (Å²) < 4.78 is 31.1. The highest BCUT2D eigenvalue weighted by Gasteiger charge is 2.10. The van der Waals surface area contributed by atoms with Gasteiger partial charge in [0.15, 0.2) is 0 Å². The van der Waals surface area contributed by atoms with E-state index in [0.29, 0.717) is 5.69 Å². The minimum atomic E-state index is -4.30. The summed E-state index contributed by atoms with van der Waals surface area (Å²) in [6.45, 7) is 1.87. The monoisotopic (exact) mass is 412 g/mol. The van der Waals surface area contributed by atoms with E-state index >= 15 is 0 Å². The first-order valence-corrected chi connectivity index (χ1v) is 9.71. The average Bonchev–Trinajstić information content (AvgIpc) is 2.67. The van der Waals surface area contributed by atoms with Crippen molar-refractivity contribution in [2.45, 2.75) is 11.8 Å². The molecule has 9 nitrogen and oxygen atoms in total. The zero-order valence-corrected chi connectivity index (χ0v) is 15.9. The molecule has 0 aromatic heterocycles. The van der Waals surface area contributed by atoms with E-state index in [1.807, 2.05) is 25.1 Å². The molecular formula is C19H16N4O5S. The molecule has 0 fully saturated rings. The lowest BCUT2D eigenvalue weighted by atomic mass is 10.2. The third kappa shape index (κ3) is 5.00. The molecule has 3 aromatic carbocycles. The maximum atomic E-state index is 11.0. The SMILES string of the molecule is Cc1ccccc1N=Nc1cc(N=Nc2ccc(S(=O)(=O)O)cc2)c(O)cc1O. The second kappa shape index (κ2) is 8.17. The fraction of sp³-hybridized carbons (Fsp3) is 0.0526. The number of phenolic OH excluding ortho intramolecular Hbond substituents is 2. The van der Waals surface area contributed by atoms with Crippen molar-refractivity contribution in [3.05, 3.63) is 66.2 Å². The Morgan fingerprint density at radius 2 is 1.28 bits per heavy atom. The van der Waals surface area contributed by atoms with E-state index in [9.17, 15) is 18.6 Å². The molecule has 148 valence electrons. The molecule has 0 aliphatic heterocycles. The first kappa shape index (κ1) is 20.1. The highest BCUT2D eigenvalue weighted by atomic mass is 32.2. The summed E-state index contributed by atoms with van der Waals surface area (Å²) in [5.74, 6) is -0.605. The van der Waals surface area contributed by atoms with Gasteiger partial charge in [0.1, 0.15) is 22.9 Å². The molecule has 0 heterocycles. The van der Waals surface area contributed by atoms with Crippen molar-refractivity contribution in [2.24, 2.45) is 20.5 Å². The zero-order chi connectivity index (χ0) is 21.0. The fourth-order valence-corrected chi connectivity index (χ4v) is 2.77. The molecule has 0 saturated carbocycles. The highest BCUT2D eigenvalue weighted by molar-refractivity contribution is 7.85. The Bertz CT molecular complexity index is 1210. The summed E-state index contributed by atoms with van der Waals surface area (Å²) >= 11 is 0. The maximum absolute atomic E-state index is 11.0. The van der Waals surface area contributed by atoms with Crippen LogP contribution in [0.1, 0.15) is 5.56 Å². The van der Waals surface area contributed by atoms with E-state index in [0.717, 1.165) is 11.6 Å². The lowest BCUT2D eigenvalue weighted by Crippen LogP contribution is -1.96. The summed E-state index contributed by atoms with van der Waals surface area (Å²) in [5.41, 5.74) is 1.93. The normalized spacial score (nSPS) is 12.1. The van der Waals surface area contributed by atoms with Crippen LogP contribution in [-0.4, -0.2) is 23.2 Å². The van der Waals surface area contributed by atoms with Crippen LogP contribution in [0.3, 0.4) is 0 Å². The lowest BCUT2D eigenvalue weighted by Gasteiger charge is -2.03. The number of aromatic hydroxyl groups is 2. The Morgan fingerprint density at radius 1 is 0.724 bits per heavy atom. The summed E-state index contributed by atoms with van der Waals surface area (Å²) in [6, 6.07) is 14.7. The first-order chi connectivity index (χ1) is 13.7. The smallest absolute Gasteiger partial charge is 0.294 e. The van der Waals surface area contributed by atoms with Crippen molar-refractivity contribution in [3.8, 4) is 11.5 Å². The van der Waals surface area contributed by atoms with Gasteiger partial charge in [0.05, 0.1) is 16.3 Å². The van der Waals surface area contributed by atoms with Gasteiger partial charge in [-0.1, -0.05) is 18.2 Å². The van der Waals surface area contributed by atoms with Crippen LogP contribution in [-0.2, 0) is 10.1 Å². The minimum Gasteiger partial charge on any atom is -0.505 e. The Hall–Kier alpha value is -3.63. The van der Waals surface area contributed by atoms with Crippen molar-refractivity contribution < 1.29 is 23.2 Å². The second-order valence-electron chi connectivity index (χ2n) is 5.99. The van der Waals surface area contributed by atoms with Crippen LogP contribution < -0.4 is 0 Å². The number of rotatable bonds is 5. The van der Waals surface area contributed by atoms with E-state index in [1.54, 1.807) is 6.07 Å². The van der Waals surface area contributed by atoms with Gasteiger partial charge in [-0.05, 0) is 42.8 Å². The van der Waals surface area contributed by atoms with Crippen molar-refractivity contribution in [3.63, 3.8) is 0 Å². The quantitative estimate of drug-likeness (QED) is 0.375. The van der Waals surface area contributed by atoms with Crippen LogP contribution >= 0.6 is 0 Å². The number of aryl methyl sites for hydroxylation is 1. The number of azo groups is 2. The molecule has 3 aromatic rings.